The molecule has 0 atom stereocenters. The number of nitrogens with one attached hydrogen (secondary N) is 2. The van der Waals surface area contributed by atoms with Crippen molar-refractivity contribution in [2.24, 2.45) is 0 Å². The number of amides is 1. The van der Waals surface area contributed by atoms with Gasteiger partial charge < -0.3 is 5.32 Å². The van der Waals surface area contributed by atoms with E-state index in [1.165, 1.54) is 5.56 Å². The zero-order chi connectivity index (χ0) is 16.1. The molecule has 0 aliphatic carbocycles. The summed E-state index contributed by atoms with van der Waals surface area (Å²) in [6.45, 7) is 2.57. The maximum Gasteiger partial charge on any atom is 0.251 e. The van der Waals surface area contributed by atoms with Crippen LogP contribution in [0.4, 0.5) is 0 Å². The van der Waals surface area contributed by atoms with E-state index in [0.717, 1.165) is 23.4 Å². The van der Waals surface area contributed by atoms with Crippen LogP contribution in [-0.4, -0.2) is 22.6 Å². The standard InChI is InChI=1S/C19H19N3O/c1-14-12-18(22-21-14)16-8-5-9-17(13-16)19(23)20-11-10-15-6-3-2-4-7-15/h2-9,12-13H,10-11H2,1H3,(H,20,23)(H,21,22). The highest BCUT2D eigenvalue weighted by atomic mass is 16.1. The highest BCUT2D eigenvalue weighted by Gasteiger charge is 2.08. The Balaban J connectivity index is 1.63. The van der Waals surface area contributed by atoms with Crippen molar-refractivity contribution >= 4 is 5.91 Å². The molecule has 2 N–H and O–H groups in total. The molecular formula is C19H19N3O. The summed E-state index contributed by atoms with van der Waals surface area (Å²) in [6, 6.07) is 19.6. The summed E-state index contributed by atoms with van der Waals surface area (Å²) in [5, 5.41) is 10.1. The SMILES string of the molecule is Cc1cc(-c2cccc(C(=O)NCCc3ccccc3)c2)n[nH]1. The molecule has 0 unspecified atom stereocenters. The summed E-state index contributed by atoms with van der Waals surface area (Å²) in [6.07, 6.45) is 0.824. The van der Waals surface area contributed by atoms with Gasteiger partial charge in [-0.3, -0.25) is 9.89 Å². The summed E-state index contributed by atoms with van der Waals surface area (Å²) in [7, 11) is 0. The molecule has 0 bridgehead atoms. The minimum Gasteiger partial charge on any atom is -0.352 e. The average molecular weight is 305 g/mol. The van der Waals surface area contributed by atoms with Gasteiger partial charge in [-0.15, -0.1) is 0 Å². The van der Waals surface area contributed by atoms with Crippen molar-refractivity contribution in [3.8, 4) is 11.3 Å². The predicted octanol–water partition coefficient (Wildman–Crippen LogP) is 3.36. The Kier molecular flexibility index (Phi) is 4.52. The molecule has 116 valence electrons. The molecule has 1 aromatic heterocycles. The molecule has 0 spiro atoms. The molecule has 23 heavy (non-hydrogen) atoms. The molecule has 0 aliphatic heterocycles. The van der Waals surface area contributed by atoms with E-state index in [4.69, 9.17) is 0 Å². The Labute approximate surface area is 135 Å². The lowest BCUT2D eigenvalue weighted by Gasteiger charge is -2.06. The van der Waals surface area contributed by atoms with E-state index in [1.54, 1.807) is 0 Å². The summed E-state index contributed by atoms with van der Waals surface area (Å²) in [4.78, 5) is 12.3. The summed E-state index contributed by atoms with van der Waals surface area (Å²) in [5.74, 6) is -0.0601. The Morgan fingerprint density at radius 3 is 2.65 bits per heavy atom. The number of aromatic nitrogens is 2. The fourth-order valence-electron chi connectivity index (χ4n) is 2.45. The van der Waals surface area contributed by atoms with Gasteiger partial charge in [-0.25, -0.2) is 0 Å². The van der Waals surface area contributed by atoms with Crippen LogP contribution in [0.1, 0.15) is 21.6 Å². The van der Waals surface area contributed by atoms with Crippen LogP contribution in [0.3, 0.4) is 0 Å². The van der Waals surface area contributed by atoms with Crippen molar-refractivity contribution in [1.29, 1.82) is 0 Å². The van der Waals surface area contributed by atoms with Gasteiger partial charge in [0.15, 0.2) is 0 Å². The predicted molar refractivity (Wildman–Crippen MR) is 91.2 cm³/mol. The Morgan fingerprint density at radius 1 is 1.09 bits per heavy atom. The molecule has 2 aromatic carbocycles. The number of benzene rings is 2. The van der Waals surface area contributed by atoms with Crippen LogP contribution in [0, 0.1) is 6.92 Å². The molecule has 1 heterocycles. The lowest BCUT2D eigenvalue weighted by molar-refractivity contribution is 0.0954. The third-order valence-electron chi connectivity index (χ3n) is 3.67. The highest BCUT2D eigenvalue weighted by molar-refractivity contribution is 5.95. The Hall–Kier alpha value is -2.88. The van der Waals surface area contributed by atoms with E-state index >= 15 is 0 Å². The van der Waals surface area contributed by atoms with E-state index in [2.05, 4.69) is 27.6 Å². The van der Waals surface area contributed by atoms with Crippen molar-refractivity contribution in [2.45, 2.75) is 13.3 Å². The first-order valence-corrected chi connectivity index (χ1v) is 7.67. The number of carbonyl (C=O) groups excluding carboxylic acids is 1. The van der Waals surface area contributed by atoms with Gasteiger partial charge >= 0.3 is 0 Å². The molecule has 0 saturated carbocycles. The average Bonchev–Trinajstić information content (AvgIpc) is 3.02. The van der Waals surface area contributed by atoms with Crippen LogP contribution in [0.25, 0.3) is 11.3 Å². The molecule has 0 fully saturated rings. The second kappa shape index (κ2) is 6.92. The van der Waals surface area contributed by atoms with Crippen molar-refractivity contribution < 1.29 is 4.79 Å². The van der Waals surface area contributed by atoms with Gasteiger partial charge in [0.05, 0.1) is 5.69 Å². The zero-order valence-corrected chi connectivity index (χ0v) is 13.0. The summed E-state index contributed by atoms with van der Waals surface area (Å²) in [5.41, 5.74) is 4.65. The summed E-state index contributed by atoms with van der Waals surface area (Å²) >= 11 is 0. The smallest absolute Gasteiger partial charge is 0.251 e. The number of hydrogen-bond donors (Lipinski definition) is 2. The molecule has 3 aromatic rings. The van der Waals surface area contributed by atoms with Crippen LogP contribution in [-0.2, 0) is 6.42 Å². The molecule has 4 heteroatoms. The van der Waals surface area contributed by atoms with Crippen molar-refractivity contribution in [2.75, 3.05) is 6.54 Å². The highest BCUT2D eigenvalue weighted by Crippen LogP contribution is 2.18. The number of aryl methyl sites for hydroxylation is 1. The van der Waals surface area contributed by atoms with Crippen LogP contribution >= 0.6 is 0 Å². The number of nitrogens with zero attached hydrogens (tertiary/aromatic N) is 1. The molecule has 0 radical (unpaired) electrons. The maximum absolute atomic E-state index is 12.3. The molecule has 3 rings (SSSR count). The fourth-order valence-corrected chi connectivity index (χ4v) is 2.45. The van der Waals surface area contributed by atoms with Gasteiger partial charge in [-0.05, 0) is 37.1 Å². The van der Waals surface area contributed by atoms with Crippen LogP contribution in [0.2, 0.25) is 0 Å². The monoisotopic (exact) mass is 305 g/mol. The van der Waals surface area contributed by atoms with Gasteiger partial charge in [-0.2, -0.15) is 5.10 Å². The van der Waals surface area contributed by atoms with Gasteiger partial charge in [0, 0.05) is 23.4 Å². The minimum absolute atomic E-state index is 0.0601. The number of H-pyrrole nitrogens is 1. The second-order valence-corrected chi connectivity index (χ2v) is 5.51. The van der Waals surface area contributed by atoms with Crippen molar-refractivity contribution in [3.05, 3.63) is 77.5 Å². The molecule has 4 nitrogen and oxygen atoms in total. The molecule has 0 saturated heterocycles. The topological polar surface area (TPSA) is 57.8 Å². The normalized spacial score (nSPS) is 10.5. The number of aromatic amines is 1. The minimum atomic E-state index is -0.0601. The first kappa shape index (κ1) is 15.0. The van der Waals surface area contributed by atoms with Crippen molar-refractivity contribution in [3.63, 3.8) is 0 Å². The number of carbonyl (C=O) groups is 1. The molecule has 0 aliphatic rings. The summed E-state index contributed by atoms with van der Waals surface area (Å²) < 4.78 is 0. The van der Waals surface area contributed by atoms with E-state index in [-0.39, 0.29) is 5.91 Å². The van der Waals surface area contributed by atoms with Crippen LogP contribution in [0.5, 0.6) is 0 Å². The Bertz CT molecular complexity index is 793. The fraction of sp³-hybridized carbons (Fsp3) is 0.158. The van der Waals surface area contributed by atoms with Crippen LogP contribution < -0.4 is 5.32 Å². The molecule has 1 amide bonds. The van der Waals surface area contributed by atoms with Crippen molar-refractivity contribution in [1.82, 2.24) is 15.5 Å². The molecular weight excluding hydrogens is 286 g/mol. The first-order valence-electron chi connectivity index (χ1n) is 7.67. The largest absolute Gasteiger partial charge is 0.352 e. The van der Waals surface area contributed by atoms with E-state index in [0.29, 0.717) is 12.1 Å². The maximum atomic E-state index is 12.3. The van der Waals surface area contributed by atoms with Crippen LogP contribution in [0.15, 0.2) is 60.7 Å². The lowest BCUT2D eigenvalue weighted by Crippen LogP contribution is -2.25. The number of rotatable bonds is 5. The van der Waals surface area contributed by atoms with Gasteiger partial charge in [0.2, 0.25) is 0 Å². The third kappa shape index (κ3) is 3.86. The van der Waals surface area contributed by atoms with Gasteiger partial charge in [0.1, 0.15) is 0 Å². The van der Waals surface area contributed by atoms with E-state index < -0.39 is 0 Å². The van der Waals surface area contributed by atoms with Gasteiger partial charge in [-0.1, -0.05) is 42.5 Å². The lowest BCUT2D eigenvalue weighted by atomic mass is 10.1. The van der Waals surface area contributed by atoms with E-state index in [9.17, 15) is 4.79 Å². The Morgan fingerprint density at radius 2 is 1.91 bits per heavy atom. The van der Waals surface area contributed by atoms with Gasteiger partial charge in [0.25, 0.3) is 5.91 Å². The second-order valence-electron chi connectivity index (χ2n) is 5.51. The first-order chi connectivity index (χ1) is 11.2. The third-order valence-corrected chi connectivity index (χ3v) is 3.67. The zero-order valence-electron chi connectivity index (χ0n) is 13.0. The van der Waals surface area contributed by atoms with E-state index in [1.807, 2.05) is 55.5 Å². The number of hydrogen-bond acceptors (Lipinski definition) is 2. The quantitative estimate of drug-likeness (QED) is 0.759.